The third kappa shape index (κ3) is 6.59. The molecule has 0 radical (unpaired) electrons. The van der Waals surface area contributed by atoms with Crippen LogP contribution in [0.1, 0.15) is 18.1 Å². The lowest BCUT2D eigenvalue weighted by atomic mass is 9.94. The Balaban J connectivity index is 0.00000119. The molecule has 1 saturated heterocycles. The summed E-state index contributed by atoms with van der Waals surface area (Å²) in [6.07, 6.45) is 6.73. The van der Waals surface area contributed by atoms with E-state index in [1.54, 1.807) is 0 Å². The standard InChI is InChI=1S/C50H32S2.C2H5N/c1-32-19-20-39(31-40(29-32)42-14-8-16-46-44-12-3-5-18-48(44)52-50(42)46)38-10-6-9-37(30-38)35-23-21-33(22-24-35)34-25-27-36(28-26-34)41-13-7-15-45-43-11-2-4-17-47(43)51-49(41)45;1-2-3-1/h2-18,20-31H,1H3;3H,1-2H2. The van der Waals surface area contributed by atoms with Gasteiger partial charge in [-0.2, -0.15) is 0 Å². The van der Waals surface area contributed by atoms with Crippen LogP contribution in [-0.4, -0.2) is 13.1 Å². The molecule has 3 heterocycles. The summed E-state index contributed by atoms with van der Waals surface area (Å²) in [7, 11) is 0. The van der Waals surface area contributed by atoms with Crippen molar-refractivity contribution in [1.82, 2.24) is 5.32 Å². The Hall–Kier alpha value is -6.06. The summed E-state index contributed by atoms with van der Waals surface area (Å²) in [5, 5.41) is 8.31. The van der Waals surface area contributed by atoms with E-state index in [1.807, 2.05) is 22.7 Å². The molecule has 9 aromatic rings. The molecule has 1 fully saturated rings. The molecule has 0 saturated carbocycles. The first-order valence-corrected chi connectivity index (χ1v) is 20.5. The molecule has 0 spiro atoms. The third-order valence-electron chi connectivity index (χ3n) is 10.5. The van der Waals surface area contributed by atoms with Crippen LogP contribution in [0.2, 0.25) is 0 Å². The number of nitrogens with one attached hydrogen (secondary N) is 1. The minimum atomic E-state index is 1.12. The lowest BCUT2D eigenvalue weighted by molar-refractivity contribution is 1.34. The van der Waals surface area contributed by atoms with Gasteiger partial charge >= 0.3 is 0 Å². The van der Waals surface area contributed by atoms with Crippen LogP contribution < -0.4 is 5.32 Å². The second kappa shape index (κ2) is 14.3. The Labute approximate surface area is 329 Å². The average Bonchev–Trinajstić information content (AvgIpc) is 4.04. The monoisotopic (exact) mass is 739 g/mol. The number of hydrogen-bond acceptors (Lipinski definition) is 3. The number of benzene rings is 7. The van der Waals surface area contributed by atoms with E-state index in [2.05, 4.69) is 194 Å². The van der Waals surface area contributed by atoms with E-state index in [0.717, 1.165) is 11.1 Å². The molecule has 0 bridgehead atoms. The van der Waals surface area contributed by atoms with E-state index in [0.29, 0.717) is 0 Å². The van der Waals surface area contributed by atoms with Crippen LogP contribution in [-0.2, 0) is 0 Å². The Bertz CT molecular complexity index is 3030. The van der Waals surface area contributed by atoms with Gasteiger partial charge in [-0.25, -0.2) is 0 Å². The largest absolute Gasteiger partial charge is 0.314 e. The zero-order valence-electron chi connectivity index (χ0n) is 30.5. The first-order chi connectivity index (χ1) is 27.2. The first kappa shape index (κ1) is 33.5. The minimum Gasteiger partial charge on any atom is -0.314 e. The normalized spacial score (nSPS) is 13.7. The highest BCUT2D eigenvalue weighted by Crippen LogP contribution is 2.42. The van der Waals surface area contributed by atoms with Gasteiger partial charge < -0.3 is 5.32 Å². The highest BCUT2D eigenvalue weighted by atomic mass is 32.1. The zero-order chi connectivity index (χ0) is 36.7. The van der Waals surface area contributed by atoms with Crippen molar-refractivity contribution in [2.75, 3.05) is 13.1 Å². The Morgan fingerprint density at radius 2 is 0.927 bits per heavy atom. The quantitative estimate of drug-likeness (QED) is 0.138. The van der Waals surface area contributed by atoms with Gasteiger partial charge in [0.05, 0.1) is 0 Å². The van der Waals surface area contributed by atoms with E-state index >= 15 is 0 Å². The number of thiophene rings is 2. The summed E-state index contributed by atoms with van der Waals surface area (Å²) in [6, 6.07) is 57.7. The predicted octanol–water partition coefficient (Wildman–Crippen LogP) is 14.6. The molecule has 0 atom stereocenters. The van der Waals surface area contributed by atoms with Crippen molar-refractivity contribution in [2.24, 2.45) is 0 Å². The van der Waals surface area contributed by atoms with Gasteiger partial charge in [-0.15, -0.1) is 28.4 Å². The number of rotatable bonds is 5. The summed E-state index contributed by atoms with van der Waals surface area (Å²) in [5.41, 5.74) is 16.9. The summed E-state index contributed by atoms with van der Waals surface area (Å²) < 4.78 is 5.34. The second-order valence-corrected chi connectivity index (χ2v) is 16.3. The molecule has 55 heavy (non-hydrogen) atoms. The highest BCUT2D eigenvalue weighted by Gasteiger charge is 2.14. The number of allylic oxidation sites excluding steroid dienone is 5. The minimum absolute atomic E-state index is 1.12. The van der Waals surface area contributed by atoms with Gasteiger partial charge in [0, 0.05) is 53.4 Å². The van der Waals surface area contributed by atoms with Crippen LogP contribution in [0.4, 0.5) is 0 Å². The van der Waals surface area contributed by atoms with E-state index in [4.69, 9.17) is 0 Å². The number of fused-ring (bicyclic) bond motifs is 6. The fraction of sp³-hybridized carbons (Fsp3) is 0.0577. The molecule has 262 valence electrons. The van der Waals surface area contributed by atoms with Gasteiger partial charge in [-0.3, -0.25) is 0 Å². The van der Waals surface area contributed by atoms with Gasteiger partial charge in [0.25, 0.3) is 0 Å². The van der Waals surface area contributed by atoms with E-state index in [1.165, 1.54) is 104 Å². The summed E-state index contributed by atoms with van der Waals surface area (Å²) in [6.45, 7) is 4.63. The zero-order valence-corrected chi connectivity index (χ0v) is 32.1. The topological polar surface area (TPSA) is 21.9 Å². The van der Waals surface area contributed by atoms with Gasteiger partial charge in [0.15, 0.2) is 0 Å². The Morgan fingerprint density at radius 1 is 0.436 bits per heavy atom. The van der Waals surface area contributed by atoms with E-state index in [-0.39, 0.29) is 0 Å². The van der Waals surface area contributed by atoms with Crippen LogP contribution in [0.3, 0.4) is 0 Å². The summed E-state index contributed by atoms with van der Waals surface area (Å²) >= 11 is 3.76. The molecule has 1 aliphatic heterocycles. The van der Waals surface area contributed by atoms with Crippen molar-refractivity contribution in [1.29, 1.82) is 0 Å². The lowest BCUT2D eigenvalue weighted by Gasteiger charge is -2.10. The van der Waals surface area contributed by atoms with Crippen molar-refractivity contribution in [2.45, 2.75) is 6.92 Å². The SMILES string of the molecule is C1CN1.CC1=C=CC(c2cccc(-c3ccc(-c4ccc(-c5cccc6c5sc5ccccc56)cc4)cc3)c2)=CC(c2cccc3c2sc2ccccc23)=C1. The van der Waals surface area contributed by atoms with Crippen LogP contribution in [0, 0.1) is 0 Å². The maximum atomic E-state index is 3.53. The molecule has 1 N–H and O–H groups in total. The van der Waals surface area contributed by atoms with Crippen molar-refractivity contribution in [3.63, 3.8) is 0 Å². The molecule has 3 heteroatoms. The molecular formula is C52H37NS2. The number of hydrogen-bond donors (Lipinski definition) is 1. The van der Waals surface area contributed by atoms with Crippen molar-refractivity contribution >= 4 is 74.2 Å². The molecule has 0 amide bonds. The molecule has 7 aromatic carbocycles. The van der Waals surface area contributed by atoms with Gasteiger partial charge in [-0.05, 0) is 105 Å². The molecular weight excluding hydrogens is 703 g/mol. The second-order valence-electron chi connectivity index (χ2n) is 14.2. The van der Waals surface area contributed by atoms with Crippen molar-refractivity contribution < 1.29 is 0 Å². The van der Waals surface area contributed by atoms with Crippen LogP contribution in [0.5, 0.6) is 0 Å². The van der Waals surface area contributed by atoms with Gasteiger partial charge in [-0.1, -0.05) is 140 Å². The first-order valence-electron chi connectivity index (χ1n) is 18.9. The maximum absolute atomic E-state index is 3.53. The lowest BCUT2D eigenvalue weighted by Crippen LogP contribution is -1.87. The molecule has 0 unspecified atom stereocenters. The fourth-order valence-corrected chi connectivity index (χ4v) is 10.0. The summed E-state index contributed by atoms with van der Waals surface area (Å²) in [5.74, 6) is 0. The third-order valence-corrected chi connectivity index (χ3v) is 12.9. The summed E-state index contributed by atoms with van der Waals surface area (Å²) in [4.78, 5) is 0. The molecule has 2 aromatic heterocycles. The van der Waals surface area contributed by atoms with Gasteiger partial charge in [0.1, 0.15) is 0 Å². The van der Waals surface area contributed by atoms with Crippen LogP contribution >= 0.6 is 22.7 Å². The van der Waals surface area contributed by atoms with E-state index in [9.17, 15) is 0 Å². The molecule has 11 rings (SSSR count). The Morgan fingerprint density at radius 3 is 1.55 bits per heavy atom. The van der Waals surface area contributed by atoms with Crippen LogP contribution in [0.25, 0.3) is 84.9 Å². The maximum Gasteiger partial charge on any atom is 0.0433 e. The van der Waals surface area contributed by atoms with E-state index < -0.39 is 0 Å². The smallest absolute Gasteiger partial charge is 0.0433 e. The predicted molar refractivity (Wildman–Crippen MR) is 241 cm³/mol. The van der Waals surface area contributed by atoms with Crippen LogP contribution in [0.15, 0.2) is 187 Å². The van der Waals surface area contributed by atoms with Crippen molar-refractivity contribution in [3.8, 4) is 33.4 Å². The molecule has 1 aliphatic carbocycles. The van der Waals surface area contributed by atoms with Gasteiger partial charge in [0.2, 0.25) is 0 Å². The fourth-order valence-electron chi connectivity index (χ4n) is 7.56. The average molecular weight is 740 g/mol. The van der Waals surface area contributed by atoms with Crippen molar-refractivity contribution in [3.05, 3.63) is 198 Å². The highest BCUT2D eigenvalue weighted by molar-refractivity contribution is 7.26. The molecule has 1 nitrogen and oxygen atoms in total. The molecule has 2 aliphatic rings. The Kier molecular flexibility index (Phi) is 8.71.